The Kier molecular flexibility index (Phi) is 6.87. The third-order valence-corrected chi connectivity index (χ3v) is 6.68. The highest BCUT2D eigenvalue weighted by molar-refractivity contribution is 5.98. The Morgan fingerprint density at radius 3 is 2.41 bits per heavy atom. The number of aromatic nitrogens is 1. The Balaban J connectivity index is 1.50. The van der Waals surface area contributed by atoms with Crippen molar-refractivity contribution < 1.29 is 31.9 Å². The number of hydrogen-bond donors (Lipinski definition) is 0. The van der Waals surface area contributed by atoms with Gasteiger partial charge in [-0.2, -0.15) is 13.2 Å². The molecule has 5 rings (SSSR count). The summed E-state index contributed by atoms with van der Waals surface area (Å²) < 4.78 is 56.4. The average molecular weight is 532 g/mol. The van der Waals surface area contributed by atoms with Gasteiger partial charge in [-0.05, 0) is 60.0 Å². The maximum Gasteiger partial charge on any atom is 0.416 e. The summed E-state index contributed by atoms with van der Waals surface area (Å²) in [6.45, 7) is 1.88. The van der Waals surface area contributed by atoms with Gasteiger partial charge in [-0.25, -0.2) is 0 Å². The van der Waals surface area contributed by atoms with E-state index in [0.29, 0.717) is 33.9 Å². The molecule has 0 aliphatic rings. The van der Waals surface area contributed by atoms with Crippen LogP contribution in [0.4, 0.5) is 13.2 Å². The van der Waals surface area contributed by atoms with Crippen LogP contribution in [0.25, 0.3) is 33.6 Å². The molecule has 0 aliphatic carbocycles. The number of hydrogen-bond acceptors (Lipinski definition) is 5. The van der Waals surface area contributed by atoms with E-state index in [4.69, 9.17) is 13.9 Å². The number of Topliss-reactive ketones (excluding diaryl/α,β-unsaturated/α-hetero) is 1. The van der Waals surface area contributed by atoms with Crippen molar-refractivity contribution in [3.8, 4) is 33.9 Å². The summed E-state index contributed by atoms with van der Waals surface area (Å²) in [6, 6.07) is 19.2. The standard InChI is InChI=1S/C31H24F3NO4/c1-18-19(15-26(36)20-7-4-8-22(14-20)31(32,33)34)6-5-9-23(18)24-12-13-35-25-17-28(39-30(24)25)21-10-11-27(37-2)29(16-21)38-3/h4-14,16-17H,15H2,1-3H3. The van der Waals surface area contributed by atoms with Gasteiger partial charge in [0.1, 0.15) is 11.3 Å². The van der Waals surface area contributed by atoms with E-state index in [1.54, 1.807) is 32.5 Å². The van der Waals surface area contributed by atoms with Gasteiger partial charge in [-0.3, -0.25) is 9.78 Å². The maximum absolute atomic E-state index is 13.1. The van der Waals surface area contributed by atoms with Gasteiger partial charge in [-0.15, -0.1) is 0 Å². The lowest BCUT2D eigenvalue weighted by atomic mass is 9.92. The summed E-state index contributed by atoms with van der Waals surface area (Å²) >= 11 is 0. The molecule has 0 spiro atoms. The molecule has 198 valence electrons. The Bertz CT molecular complexity index is 1690. The Morgan fingerprint density at radius 2 is 1.67 bits per heavy atom. The summed E-state index contributed by atoms with van der Waals surface area (Å²) in [5.74, 6) is 1.37. The van der Waals surface area contributed by atoms with E-state index in [2.05, 4.69) is 4.98 Å². The number of ketones is 1. The first-order chi connectivity index (χ1) is 18.7. The van der Waals surface area contributed by atoms with Gasteiger partial charge >= 0.3 is 6.18 Å². The zero-order valence-corrected chi connectivity index (χ0v) is 21.4. The lowest BCUT2D eigenvalue weighted by molar-refractivity contribution is -0.137. The second kappa shape index (κ2) is 10.3. The van der Waals surface area contributed by atoms with Gasteiger partial charge in [0.2, 0.25) is 0 Å². The van der Waals surface area contributed by atoms with Crippen molar-refractivity contribution in [2.45, 2.75) is 19.5 Å². The SMILES string of the molecule is COc1ccc(-c2cc3nccc(-c4cccc(CC(=O)c5cccc(C(F)(F)F)c5)c4C)c3o2)cc1OC. The van der Waals surface area contributed by atoms with E-state index in [-0.39, 0.29) is 12.0 Å². The minimum absolute atomic E-state index is 0.0199. The summed E-state index contributed by atoms with van der Waals surface area (Å²) in [4.78, 5) is 17.4. The van der Waals surface area contributed by atoms with Crippen LogP contribution in [-0.2, 0) is 12.6 Å². The third kappa shape index (κ3) is 5.10. The fourth-order valence-corrected chi connectivity index (χ4v) is 4.59. The predicted molar refractivity (Wildman–Crippen MR) is 142 cm³/mol. The van der Waals surface area contributed by atoms with Crippen molar-refractivity contribution in [2.24, 2.45) is 0 Å². The molecule has 5 nitrogen and oxygen atoms in total. The Morgan fingerprint density at radius 1 is 0.897 bits per heavy atom. The fourth-order valence-electron chi connectivity index (χ4n) is 4.59. The van der Waals surface area contributed by atoms with Gasteiger partial charge in [0.25, 0.3) is 0 Å². The number of benzene rings is 3. The zero-order valence-electron chi connectivity index (χ0n) is 21.4. The number of nitrogens with zero attached hydrogens (tertiary/aromatic N) is 1. The van der Waals surface area contributed by atoms with Crippen LogP contribution in [0.15, 0.2) is 83.4 Å². The summed E-state index contributed by atoms with van der Waals surface area (Å²) in [6.07, 6.45) is -2.87. The highest BCUT2D eigenvalue weighted by Gasteiger charge is 2.31. The molecule has 0 bridgehead atoms. The van der Waals surface area contributed by atoms with Crippen LogP contribution >= 0.6 is 0 Å². The van der Waals surface area contributed by atoms with E-state index in [1.165, 1.54) is 12.1 Å². The molecule has 0 N–H and O–H groups in total. The second-order valence-corrected chi connectivity index (χ2v) is 9.02. The quantitative estimate of drug-likeness (QED) is 0.200. The number of methoxy groups -OCH3 is 2. The maximum atomic E-state index is 13.1. The molecule has 3 aromatic carbocycles. The number of carbonyl (C=O) groups excluding carboxylic acids is 1. The Labute approximate surface area is 222 Å². The molecule has 0 fully saturated rings. The molecule has 0 unspecified atom stereocenters. The highest BCUT2D eigenvalue weighted by atomic mass is 19.4. The van der Waals surface area contributed by atoms with Gasteiger partial charge in [-0.1, -0.05) is 30.3 Å². The van der Waals surface area contributed by atoms with E-state index < -0.39 is 17.5 Å². The molecule has 8 heteroatoms. The second-order valence-electron chi connectivity index (χ2n) is 9.02. The number of ether oxygens (including phenoxy) is 2. The van der Waals surface area contributed by atoms with Gasteiger partial charge in [0.05, 0.1) is 19.8 Å². The largest absolute Gasteiger partial charge is 0.493 e. The van der Waals surface area contributed by atoms with Crippen molar-refractivity contribution >= 4 is 16.9 Å². The number of furan rings is 1. The molecule has 0 saturated heterocycles. The molecule has 2 heterocycles. The topological polar surface area (TPSA) is 61.6 Å². The van der Waals surface area contributed by atoms with E-state index in [9.17, 15) is 18.0 Å². The van der Waals surface area contributed by atoms with Gasteiger partial charge in [0, 0.05) is 35.4 Å². The molecule has 39 heavy (non-hydrogen) atoms. The van der Waals surface area contributed by atoms with Crippen LogP contribution in [0.5, 0.6) is 11.5 Å². The van der Waals surface area contributed by atoms with E-state index in [1.807, 2.05) is 43.3 Å². The minimum Gasteiger partial charge on any atom is -0.493 e. The van der Waals surface area contributed by atoms with E-state index >= 15 is 0 Å². The molecule has 5 aromatic rings. The molecule has 0 aliphatic heterocycles. The van der Waals surface area contributed by atoms with Gasteiger partial charge < -0.3 is 13.9 Å². The molecular weight excluding hydrogens is 507 g/mol. The van der Waals surface area contributed by atoms with Crippen LogP contribution in [0.1, 0.15) is 27.0 Å². The van der Waals surface area contributed by atoms with Crippen LogP contribution in [0, 0.1) is 6.92 Å². The number of fused-ring (bicyclic) bond motifs is 1. The third-order valence-electron chi connectivity index (χ3n) is 6.68. The first kappa shape index (κ1) is 26.0. The average Bonchev–Trinajstić information content (AvgIpc) is 3.38. The van der Waals surface area contributed by atoms with E-state index in [0.717, 1.165) is 34.4 Å². The van der Waals surface area contributed by atoms with Crippen LogP contribution in [0.2, 0.25) is 0 Å². The fraction of sp³-hybridized carbons (Fsp3) is 0.161. The smallest absolute Gasteiger partial charge is 0.416 e. The molecular formula is C31H24F3NO4. The number of alkyl halides is 3. The predicted octanol–water partition coefficient (Wildman–Crippen LogP) is 7.93. The number of rotatable bonds is 7. The normalized spacial score (nSPS) is 11.5. The zero-order chi connectivity index (χ0) is 27.7. The molecule has 2 aromatic heterocycles. The molecule has 0 atom stereocenters. The number of halogens is 3. The highest BCUT2D eigenvalue weighted by Crippen LogP contribution is 2.38. The van der Waals surface area contributed by atoms with Gasteiger partial charge in [0.15, 0.2) is 22.9 Å². The first-order valence-electron chi connectivity index (χ1n) is 12.1. The summed E-state index contributed by atoms with van der Waals surface area (Å²) in [5, 5.41) is 0. The molecule has 0 saturated carbocycles. The monoisotopic (exact) mass is 531 g/mol. The van der Waals surface area contributed by atoms with Crippen molar-refractivity contribution in [3.63, 3.8) is 0 Å². The summed E-state index contributed by atoms with van der Waals surface area (Å²) in [7, 11) is 3.13. The van der Waals surface area contributed by atoms with Crippen LogP contribution in [-0.4, -0.2) is 25.0 Å². The minimum atomic E-state index is -4.52. The van der Waals surface area contributed by atoms with Crippen LogP contribution in [0.3, 0.4) is 0 Å². The van der Waals surface area contributed by atoms with Crippen molar-refractivity contribution in [2.75, 3.05) is 14.2 Å². The molecule has 0 radical (unpaired) electrons. The Hall–Kier alpha value is -4.59. The lowest BCUT2D eigenvalue weighted by Crippen LogP contribution is -2.09. The summed E-state index contributed by atoms with van der Waals surface area (Å²) in [5.41, 5.74) is 4.36. The van der Waals surface area contributed by atoms with Crippen LogP contribution < -0.4 is 9.47 Å². The van der Waals surface area contributed by atoms with Crippen molar-refractivity contribution in [1.82, 2.24) is 4.98 Å². The van der Waals surface area contributed by atoms with Crippen molar-refractivity contribution in [3.05, 3.63) is 101 Å². The number of carbonyl (C=O) groups is 1. The van der Waals surface area contributed by atoms with Crippen molar-refractivity contribution in [1.29, 1.82) is 0 Å². The lowest BCUT2D eigenvalue weighted by Gasteiger charge is -2.12. The first-order valence-corrected chi connectivity index (χ1v) is 12.1. The molecule has 0 amide bonds. The number of pyridine rings is 1.